The number of benzene rings is 1. The minimum atomic E-state index is -1.33. The molecule has 0 radical (unpaired) electrons. The van der Waals surface area contributed by atoms with E-state index < -0.39 is 17.5 Å². The Labute approximate surface area is 167 Å². The fourth-order valence-corrected chi connectivity index (χ4v) is 3.39. The quantitative estimate of drug-likeness (QED) is 0.762. The molecule has 0 bridgehead atoms. The summed E-state index contributed by atoms with van der Waals surface area (Å²) < 4.78 is 16.8. The molecule has 4 amide bonds. The number of amides is 4. The number of hydrogen-bond donors (Lipinski definition) is 1. The molecule has 9 heteroatoms. The van der Waals surface area contributed by atoms with E-state index in [1.54, 1.807) is 32.2 Å². The topological polar surface area (TPSA) is 101 Å². The molecular weight excluding hydrogens is 378 g/mol. The fraction of sp³-hybridized carbons (Fsp3) is 0.350. The molecule has 1 aromatic carbocycles. The first-order chi connectivity index (χ1) is 13.9. The highest BCUT2D eigenvalue weighted by Gasteiger charge is 2.51. The van der Waals surface area contributed by atoms with E-state index in [0.717, 1.165) is 4.90 Å². The lowest BCUT2D eigenvalue weighted by molar-refractivity contribution is -0.139. The molecule has 1 N–H and O–H groups in total. The van der Waals surface area contributed by atoms with Crippen molar-refractivity contribution in [1.29, 1.82) is 0 Å². The fourth-order valence-electron chi connectivity index (χ4n) is 3.39. The van der Waals surface area contributed by atoms with E-state index in [1.165, 1.54) is 11.2 Å². The van der Waals surface area contributed by atoms with Gasteiger partial charge in [0.2, 0.25) is 5.91 Å². The van der Waals surface area contributed by atoms with Crippen LogP contribution in [0.2, 0.25) is 0 Å². The van der Waals surface area contributed by atoms with Crippen molar-refractivity contribution >= 4 is 17.8 Å². The van der Waals surface area contributed by atoms with Gasteiger partial charge < -0.3 is 24.1 Å². The summed E-state index contributed by atoms with van der Waals surface area (Å²) in [5, 5.41) is 2.60. The van der Waals surface area contributed by atoms with Gasteiger partial charge in [0.15, 0.2) is 23.1 Å². The van der Waals surface area contributed by atoms with E-state index in [4.69, 9.17) is 13.9 Å². The first-order valence-corrected chi connectivity index (χ1v) is 9.19. The molecule has 1 saturated heterocycles. The number of furan rings is 1. The van der Waals surface area contributed by atoms with Gasteiger partial charge in [0, 0.05) is 7.05 Å². The molecule has 3 heterocycles. The molecule has 0 unspecified atom stereocenters. The summed E-state index contributed by atoms with van der Waals surface area (Å²) in [5.74, 6) is 0.665. The highest BCUT2D eigenvalue weighted by atomic mass is 16.6. The molecule has 1 aromatic heterocycles. The minimum Gasteiger partial charge on any atom is -0.486 e. The number of imide groups is 1. The predicted octanol–water partition coefficient (Wildman–Crippen LogP) is 1.34. The zero-order valence-corrected chi connectivity index (χ0v) is 16.1. The van der Waals surface area contributed by atoms with Crippen molar-refractivity contribution in [3.05, 3.63) is 48.4 Å². The molecule has 2 atom stereocenters. The van der Waals surface area contributed by atoms with Crippen LogP contribution < -0.4 is 14.8 Å². The molecule has 2 aliphatic rings. The Morgan fingerprint density at radius 3 is 2.72 bits per heavy atom. The summed E-state index contributed by atoms with van der Waals surface area (Å²) in [6.45, 7) is 1.73. The van der Waals surface area contributed by atoms with Crippen LogP contribution in [0.4, 0.5) is 4.79 Å². The maximum Gasteiger partial charge on any atom is 0.325 e. The third-order valence-corrected chi connectivity index (χ3v) is 5.05. The lowest BCUT2D eigenvalue weighted by Crippen LogP contribution is -2.47. The minimum absolute atomic E-state index is 0.256. The second-order valence-corrected chi connectivity index (χ2v) is 7.20. The summed E-state index contributed by atoms with van der Waals surface area (Å²) in [5.41, 5.74) is -1.33. The average molecular weight is 399 g/mol. The zero-order valence-electron chi connectivity index (χ0n) is 16.1. The number of ether oxygens (including phenoxy) is 2. The summed E-state index contributed by atoms with van der Waals surface area (Å²) in [7, 11) is 1.59. The third kappa shape index (κ3) is 3.39. The molecule has 0 saturated carbocycles. The number of nitrogens with one attached hydrogen (secondary N) is 1. The van der Waals surface area contributed by atoms with E-state index in [2.05, 4.69) is 5.32 Å². The SMILES string of the molecule is CN(C[C@H]1COc2ccccc2O1)C(=O)CN1C(=O)N[C@@](C)(c2ccco2)C1=O. The van der Waals surface area contributed by atoms with E-state index >= 15 is 0 Å². The Hall–Kier alpha value is -3.49. The van der Waals surface area contributed by atoms with Crippen molar-refractivity contribution in [2.75, 3.05) is 26.7 Å². The number of rotatable bonds is 5. The molecule has 4 rings (SSSR count). The van der Waals surface area contributed by atoms with Gasteiger partial charge in [0.1, 0.15) is 18.9 Å². The number of fused-ring (bicyclic) bond motifs is 1. The molecule has 0 aliphatic carbocycles. The first kappa shape index (κ1) is 18.9. The Kier molecular flexibility index (Phi) is 4.65. The van der Waals surface area contributed by atoms with Gasteiger partial charge in [-0.05, 0) is 31.2 Å². The van der Waals surface area contributed by atoms with Gasteiger partial charge in [-0.1, -0.05) is 12.1 Å². The zero-order chi connectivity index (χ0) is 20.6. The highest BCUT2D eigenvalue weighted by molar-refractivity contribution is 6.08. The van der Waals surface area contributed by atoms with E-state index in [9.17, 15) is 14.4 Å². The van der Waals surface area contributed by atoms with E-state index in [0.29, 0.717) is 23.9 Å². The number of carbonyl (C=O) groups excluding carboxylic acids is 3. The first-order valence-electron chi connectivity index (χ1n) is 9.19. The van der Waals surface area contributed by atoms with Crippen LogP contribution >= 0.6 is 0 Å². The van der Waals surface area contributed by atoms with Crippen LogP contribution in [0.25, 0.3) is 0 Å². The second-order valence-electron chi connectivity index (χ2n) is 7.20. The molecular formula is C20H21N3O6. The van der Waals surface area contributed by atoms with Crippen molar-refractivity contribution in [3.63, 3.8) is 0 Å². The van der Waals surface area contributed by atoms with Crippen molar-refractivity contribution in [3.8, 4) is 11.5 Å². The normalized spacial score (nSPS) is 23.1. The Balaban J connectivity index is 1.38. The van der Waals surface area contributed by atoms with Gasteiger partial charge in [-0.25, -0.2) is 4.79 Å². The van der Waals surface area contributed by atoms with E-state index in [-0.39, 0.29) is 25.1 Å². The lowest BCUT2D eigenvalue weighted by Gasteiger charge is -2.30. The molecule has 2 aromatic rings. The predicted molar refractivity (Wildman–Crippen MR) is 100 cm³/mol. The maximum atomic E-state index is 12.8. The number of nitrogens with zero attached hydrogens (tertiary/aromatic N) is 2. The van der Waals surface area contributed by atoms with Crippen molar-refractivity contribution in [2.45, 2.75) is 18.6 Å². The third-order valence-electron chi connectivity index (χ3n) is 5.05. The van der Waals surface area contributed by atoms with Crippen LogP contribution in [0.3, 0.4) is 0 Å². The molecule has 9 nitrogen and oxygen atoms in total. The van der Waals surface area contributed by atoms with Gasteiger partial charge in [-0.2, -0.15) is 0 Å². The average Bonchev–Trinajstić information content (AvgIpc) is 3.32. The molecule has 0 spiro atoms. The summed E-state index contributed by atoms with van der Waals surface area (Å²) >= 11 is 0. The van der Waals surface area contributed by atoms with Gasteiger partial charge >= 0.3 is 6.03 Å². The van der Waals surface area contributed by atoms with Crippen molar-refractivity contribution in [1.82, 2.24) is 15.1 Å². The van der Waals surface area contributed by atoms with Gasteiger partial charge in [-0.15, -0.1) is 0 Å². The Morgan fingerprint density at radius 1 is 1.24 bits per heavy atom. The number of para-hydroxylation sites is 2. The van der Waals surface area contributed by atoms with Crippen LogP contribution in [0, 0.1) is 0 Å². The van der Waals surface area contributed by atoms with Gasteiger partial charge in [0.05, 0.1) is 12.8 Å². The van der Waals surface area contributed by atoms with Crippen LogP contribution in [-0.4, -0.2) is 60.5 Å². The number of carbonyl (C=O) groups is 3. The Morgan fingerprint density at radius 2 is 2.00 bits per heavy atom. The Bertz CT molecular complexity index is 943. The lowest BCUT2D eigenvalue weighted by atomic mass is 9.99. The van der Waals surface area contributed by atoms with Crippen molar-refractivity contribution in [2.24, 2.45) is 0 Å². The highest BCUT2D eigenvalue weighted by Crippen LogP contribution is 2.31. The van der Waals surface area contributed by atoms with Crippen LogP contribution in [-0.2, 0) is 15.1 Å². The van der Waals surface area contributed by atoms with Crippen LogP contribution in [0.5, 0.6) is 11.5 Å². The summed E-state index contributed by atoms with van der Waals surface area (Å²) in [6.07, 6.45) is 1.07. The van der Waals surface area contributed by atoms with Crippen molar-refractivity contribution < 1.29 is 28.3 Å². The summed E-state index contributed by atoms with van der Waals surface area (Å²) in [6, 6.07) is 9.90. The molecule has 29 heavy (non-hydrogen) atoms. The van der Waals surface area contributed by atoms with Gasteiger partial charge in [-0.3, -0.25) is 14.5 Å². The standard InChI is InChI=1S/C20H21N3O6/c1-20(16-8-5-9-27-16)18(25)23(19(26)21-20)11-17(24)22(2)10-13-12-28-14-6-3-4-7-15(14)29-13/h3-9,13H,10-12H2,1-2H3,(H,21,26)/t13-,20-/m0/s1. The monoisotopic (exact) mass is 399 g/mol. The number of hydrogen-bond acceptors (Lipinski definition) is 6. The molecule has 152 valence electrons. The number of likely N-dealkylation sites (N-methyl/N-ethyl adjacent to an activating group) is 1. The van der Waals surface area contributed by atoms with Gasteiger partial charge in [0.25, 0.3) is 5.91 Å². The number of urea groups is 1. The smallest absolute Gasteiger partial charge is 0.325 e. The van der Waals surface area contributed by atoms with Crippen LogP contribution in [0.15, 0.2) is 47.1 Å². The summed E-state index contributed by atoms with van der Waals surface area (Å²) in [4.78, 5) is 40.1. The molecule has 1 fully saturated rings. The largest absolute Gasteiger partial charge is 0.486 e. The van der Waals surface area contributed by atoms with E-state index in [1.807, 2.05) is 18.2 Å². The maximum absolute atomic E-state index is 12.8. The molecule has 2 aliphatic heterocycles. The van der Waals surface area contributed by atoms with Crippen LogP contribution in [0.1, 0.15) is 12.7 Å². The second kappa shape index (κ2) is 7.16.